The Morgan fingerprint density at radius 3 is 2.88 bits per heavy atom. The zero-order chi connectivity index (χ0) is 16.9. The Morgan fingerprint density at radius 1 is 1.42 bits per heavy atom. The number of nitrogens with zero attached hydrogens (tertiary/aromatic N) is 3. The van der Waals surface area contributed by atoms with E-state index in [1.165, 1.54) is 12.1 Å². The van der Waals surface area contributed by atoms with Crippen LogP contribution in [0.1, 0.15) is 36.5 Å². The highest BCUT2D eigenvalue weighted by atomic mass is 19.1. The average Bonchev–Trinajstić information content (AvgIpc) is 3.26. The summed E-state index contributed by atoms with van der Waals surface area (Å²) < 4.78 is 20.3. The van der Waals surface area contributed by atoms with Gasteiger partial charge in [-0.15, -0.1) is 0 Å². The third-order valence-electron chi connectivity index (χ3n) is 4.15. The van der Waals surface area contributed by atoms with E-state index >= 15 is 0 Å². The largest absolute Gasteiger partial charge is 0.376 e. The van der Waals surface area contributed by atoms with Crippen LogP contribution in [0.4, 0.5) is 4.39 Å². The fourth-order valence-corrected chi connectivity index (χ4v) is 2.93. The SMILES string of the molecule is CCCN(C[C@H]1CCCO1)C(=O)c1cnn(-c2ccc(F)cc2)c1. The van der Waals surface area contributed by atoms with Crippen molar-refractivity contribution in [3.8, 4) is 5.69 Å². The van der Waals surface area contributed by atoms with Crippen molar-refractivity contribution in [1.82, 2.24) is 14.7 Å². The molecule has 1 amide bonds. The lowest BCUT2D eigenvalue weighted by Crippen LogP contribution is -2.37. The molecule has 2 aromatic rings. The maximum Gasteiger partial charge on any atom is 0.257 e. The van der Waals surface area contributed by atoms with Crippen LogP contribution in [0.3, 0.4) is 0 Å². The third kappa shape index (κ3) is 3.82. The molecule has 1 aliphatic rings. The van der Waals surface area contributed by atoms with Crippen molar-refractivity contribution in [3.05, 3.63) is 48.0 Å². The number of aromatic nitrogens is 2. The molecule has 5 nitrogen and oxygen atoms in total. The van der Waals surface area contributed by atoms with Crippen LogP contribution in [0.2, 0.25) is 0 Å². The second-order valence-electron chi connectivity index (χ2n) is 6.04. The summed E-state index contributed by atoms with van der Waals surface area (Å²) in [5.41, 5.74) is 1.25. The van der Waals surface area contributed by atoms with Gasteiger partial charge < -0.3 is 9.64 Å². The molecule has 1 atom stereocenters. The van der Waals surface area contributed by atoms with Crippen molar-refractivity contribution in [2.24, 2.45) is 0 Å². The maximum absolute atomic E-state index is 13.0. The van der Waals surface area contributed by atoms with E-state index < -0.39 is 0 Å². The zero-order valence-corrected chi connectivity index (χ0v) is 13.8. The monoisotopic (exact) mass is 331 g/mol. The summed E-state index contributed by atoms with van der Waals surface area (Å²) in [5.74, 6) is -0.339. The number of amides is 1. The quantitative estimate of drug-likeness (QED) is 0.817. The molecule has 1 aromatic carbocycles. The van der Waals surface area contributed by atoms with Gasteiger partial charge in [-0.3, -0.25) is 4.79 Å². The number of halogens is 1. The minimum atomic E-state index is -0.298. The minimum Gasteiger partial charge on any atom is -0.376 e. The minimum absolute atomic E-state index is 0.0410. The summed E-state index contributed by atoms with van der Waals surface area (Å²) in [6.07, 6.45) is 6.33. The smallest absolute Gasteiger partial charge is 0.257 e. The fraction of sp³-hybridized carbons (Fsp3) is 0.444. The van der Waals surface area contributed by atoms with Crippen LogP contribution in [0.15, 0.2) is 36.7 Å². The molecule has 0 N–H and O–H groups in total. The highest BCUT2D eigenvalue weighted by Gasteiger charge is 2.23. The standard InChI is InChI=1S/C18H22FN3O2/c1-2-9-21(13-17-4-3-10-24-17)18(23)14-11-20-22(12-14)16-7-5-15(19)6-8-16/h5-8,11-12,17H,2-4,9-10,13H2,1H3/t17-/m1/s1. The lowest BCUT2D eigenvalue weighted by Gasteiger charge is -2.24. The summed E-state index contributed by atoms with van der Waals surface area (Å²) in [6, 6.07) is 6.01. The van der Waals surface area contributed by atoms with Crippen LogP contribution in [0.25, 0.3) is 5.69 Å². The number of carbonyl (C=O) groups is 1. The molecule has 0 unspecified atom stereocenters. The summed E-state index contributed by atoms with van der Waals surface area (Å²) >= 11 is 0. The number of hydrogen-bond donors (Lipinski definition) is 0. The molecular formula is C18H22FN3O2. The summed E-state index contributed by atoms with van der Waals surface area (Å²) in [5, 5.41) is 4.23. The molecule has 128 valence electrons. The molecule has 0 spiro atoms. The van der Waals surface area contributed by atoms with E-state index in [1.807, 2.05) is 4.90 Å². The summed E-state index contributed by atoms with van der Waals surface area (Å²) in [7, 11) is 0. The lowest BCUT2D eigenvalue weighted by atomic mass is 10.2. The zero-order valence-electron chi connectivity index (χ0n) is 13.8. The second-order valence-corrected chi connectivity index (χ2v) is 6.04. The molecule has 6 heteroatoms. The van der Waals surface area contributed by atoms with E-state index in [-0.39, 0.29) is 17.8 Å². The van der Waals surface area contributed by atoms with Gasteiger partial charge in [0, 0.05) is 25.9 Å². The molecule has 24 heavy (non-hydrogen) atoms. The van der Waals surface area contributed by atoms with Crippen LogP contribution in [-0.4, -0.2) is 46.4 Å². The molecule has 1 aliphatic heterocycles. The van der Waals surface area contributed by atoms with Crippen molar-refractivity contribution < 1.29 is 13.9 Å². The lowest BCUT2D eigenvalue weighted by molar-refractivity contribution is 0.0526. The van der Waals surface area contributed by atoms with E-state index in [0.717, 1.165) is 31.6 Å². The Bertz CT molecular complexity index is 678. The molecule has 1 aromatic heterocycles. The average molecular weight is 331 g/mol. The number of hydrogen-bond acceptors (Lipinski definition) is 3. The van der Waals surface area contributed by atoms with Gasteiger partial charge in [0.15, 0.2) is 0 Å². The van der Waals surface area contributed by atoms with Crippen LogP contribution in [0, 0.1) is 5.82 Å². The Hall–Kier alpha value is -2.21. The summed E-state index contributed by atoms with van der Waals surface area (Å²) in [4.78, 5) is 14.6. The first-order valence-electron chi connectivity index (χ1n) is 8.39. The molecular weight excluding hydrogens is 309 g/mol. The van der Waals surface area contributed by atoms with Gasteiger partial charge in [-0.05, 0) is 43.5 Å². The molecule has 0 aliphatic carbocycles. The number of ether oxygens (including phenoxy) is 1. The third-order valence-corrected chi connectivity index (χ3v) is 4.15. The van der Waals surface area contributed by atoms with Gasteiger partial charge in [0.2, 0.25) is 0 Å². The topological polar surface area (TPSA) is 47.4 Å². The first-order valence-corrected chi connectivity index (χ1v) is 8.39. The van der Waals surface area contributed by atoms with E-state index in [2.05, 4.69) is 12.0 Å². The van der Waals surface area contributed by atoms with Gasteiger partial charge in [-0.1, -0.05) is 6.92 Å². The Morgan fingerprint density at radius 2 is 2.21 bits per heavy atom. The first kappa shape index (κ1) is 16.6. The van der Waals surface area contributed by atoms with Gasteiger partial charge >= 0.3 is 0 Å². The second kappa shape index (κ2) is 7.57. The molecule has 1 fully saturated rings. The van der Waals surface area contributed by atoms with Gasteiger partial charge in [0.1, 0.15) is 5.82 Å². The Kier molecular flexibility index (Phi) is 5.25. The highest BCUT2D eigenvalue weighted by molar-refractivity contribution is 5.93. The van der Waals surface area contributed by atoms with E-state index in [9.17, 15) is 9.18 Å². The van der Waals surface area contributed by atoms with E-state index in [4.69, 9.17) is 4.74 Å². The molecule has 3 rings (SSSR count). The van der Waals surface area contributed by atoms with Crippen LogP contribution >= 0.6 is 0 Å². The fourth-order valence-electron chi connectivity index (χ4n) is 2.93. The maximum atomic E-state index is 13.0. The van der Waals surface area contributed by atoms with Crippen LogP contribution in [-0.2, 0) is 4.74 Å². The molecule has 0 saturated carbocycles. The Labute approximate surface area is 141 Å². The van der Waals surface area contributed by atoms with Crippen molar-refractivity contribution in [2.75, 3.05) is 19.7 Å². The number of carbonyl (C=O) groups excluding carboxylic acids is 1. The molecule has 0 bridgehead atoms. The van der Waals surface area contributed by atoms with Gasteiger partial charge in [-0.25, -0.2) is 9.07 Å². The van der Waals surface area contributed by atoms with Crippen molar-refractivity contribution in [1.29, 1.82) is 0 Å². The van der Waals surface area contributed by atoms with E-state index in [1.54, 1.807) is 29.2 Å². The normalized spacial score (nSPS) is 17.2. The van der Waals surface area contributed by atoms with Crippen molar-refractivity contribution >= 4 is 5.91 Å². The highest BCUT2D eigenvalue weighted by Crippen LogP contribution is 2.16. The van der Waals surface area contributed by atoms with Crippen LogP contribution < -0.4 is 0 Å². The predicted molar refractivity (Wildman–Crippen MR) is 88.7 cm³/mol. The van der Waals surface area contributed by atoms with E-state index in [0.29, 0.717) is 18.7 Å². The van der Waals surface area contributed by atoms with Crippen molar-refractivity contribution in [3.63, 3.8) is 0 Å². The van der Waals surface area contributed by atoms with Gasteiger partial charge in [0.25, 0.3) is 5.91 Å². The number of rotatable bonds is 6. The van der Waals surface area contributed by atoms with Crippen molar-refractivity contribution in [2.45, 2.75) is 32.3 Å². The Balaban J connectivity index is 1.73. The predicted octanol–water partition coefficient (Wildman–Crippen LogP) is 3.04. The van der Waals surface area contributed by atoms with Gasteiger partial charge in [0.05, 0.1) is 23.6 Å². The summed E-state index contributed by atoms with van der Waals surface area (Å²) in [6.45, 7) is 4.15. The molecule has 1 saturated heterocycles. The van der Waals surface area contributed by atoms with Crippen LogP contribution in [0.5, 0.6) is 0 Å². The van der Waals surface area contributed by atoms with Gasteiger partial charge in [-0.2, -0.15) is 5.10 Å². The molecule has 0 radical (unpaired) electrons. The first-order chi connectivity index (χ1) is 11.7. The molecule has 2 heterocycles. The number of benzene rings is 1.